The molecular formula is C14H26N2O. The predicted octanol–water partition coefficient (Wildman–Crippen LogP) is 1.77. The van der Waals surface area contributed by atoms with Crippen LogP contribution >= 0.6 is 0 Å². The summed E-state index contributed by atoms with van der Waals surface area (Å²) >= 11 is 0. The number of methoxy groups -OCH3 is 1. The van der Waals surface area contributed by atoms with Gasteiger partial charge in [0.25, 0.3) is 0 Å². The van der Waals surface area contributed by atoms with E-state index in [2.05, 4.69) is 10.2 Å². The average Bonchev–Trinajstić information content (AvgIpc) is 2.96. The maximum Gasteiger partial charge on any atom is 0.0586 e. The summed E-state index contributed by atoms with van der Waals surface area (Å²) < 4.78 is 5.45. The molecule has 1 saturated carbocycles. The molecule has 0 aromatic heterocycles. The molecule has 2 saturated heterocycles. The molecule has 0 bridgehead atoms. The monoisotopic (exact) mass is 238 g/mol. The van der Waals surface area contributed by atoms with E-state index in [9.17, 15) is 0 Å². The fourth-order valence-corrected chi connectivity index (χ4v) is 4.01. The van der Waals surface area contributed by atoms with Crippen LogP contribution in [-0.2, 0) is 4.74 Å². The third kappa shape index (κ3) is 2.67. The predicted molar refractivity (Wildman–Crippen MR) is 69.2 cm³/mol. The summed E-state index contributed by atoms with van der Waals surface area (Å²) in [4.78, 5) is 2.70. The van der Waals surface area contributed by atoms with Crippen LogP contribution in [0.4, 0.5) is 0 Å². The molecule has 3 fully saturated rings. The van der Waals surface area contributed by atoms with Crippen LogP contribution in [0.3, 0.4) is 0 Å². The van der Waals surface area contributed by atoms with Gasteiger partial charge in [0.1, 0.15) is 0 Å². The lowest BCUT2D eigenvalue weighted by atomic mass is 9.96. The Morgan fingerprint density at radius 2 is 1.88 bits per heavy atom. The first-order valence-corrected chi connectivity index (χ1v) is 7.38. The summed E-state index contributed by atoms with van der Waals surface area (Å²) in [6.07, 6.45) is 9.88. The highest BCUT2D eigenvalue weighted by atomic mass is 16.5. The normalized spacial score (nSPS) is 42.9. The SMILES string of the molecule is COC1CCC(NC2CCN3CCCC3C2)C1. The molecule has 3 rings (SSSR count). The van der Waals surface area contributed by atoms with E-state index in [1.807, 2.05) is 7.11 Å². The number of hydrogen-bond acceptors (Lipinski definition) is 3. The van der Waals surface area contributed by atoms with Gasteiger partial charge in [-0.3, -0.25) is 0 Å². The van der Waals surface area contributed by atoms with Gasteiger partial charge in [-0.05, 0) is 58.0 Å². The van der Waals surface area contributed by atoms with Gasteiger partial charge in [0, 0.05) is 25.2 Å². The van der Waals surface area contributed by atoms with Crippen molar-refractivity contribution in [1.29, 1.82) is 0 Å². The lowest BCUT2D eigenvalue weighted by molar-refractivity contribution is 0.105. The van der Waals surface area contributed by atoms with Crippen LogP contribution in [0.1, 0.15) is 44.9 Å². The van der Waals surface area contributed by atoms with Crippen molar-refractivity contribution in [2.45, 2.75) is 69.2 Å². The zero-order valence-electron chi connectivity index (χ0n) is 11.0. The smallest absolute Gasteiger partial charge is 0.0586 e. The van der Waals surface area contributed by atoms with E-state index >= 15 is 0 Å². The highest BCUT2D eigenvalue weighted by Crippen LogP contribution is 2.29. The molecule has 1 N–H and O–H groups in total. The van der Waals surface area contributed by atoms with E-state index in [0.29, 0.717) is 6.10 Å². The Morgan fingerprint density at radius 3 is 2.71 bits per heavy atom. The highest BCUT2D eigenvalue weighted by Gasteiger charge is 2.33. The van der Waals surface area contributed by atoms with E-state index in [1.54, 1.807) is 0 Å². The molecule has 1 aliphatic carbocycles. The highest BCUT2D eigenvalue weighted by molar-refractivity contribution is 4.92. The Morgan fingerprint density at radius 1 is 1.00 bits per heavy atom. The Labute approximate surface area is 105 Å². The number of nitrogens with one attached hydrogen (secondary N) is 1. The number of fused-ring (bicyclic) bond motifs is 1. The third-order valence-electron chi connectivity index (χ3n) is 5.01. The lowest BCUT2D eigenvalue weighted by Crippen LogP contribution is -2.48. The number of nitrogens with zero attached hydrogens (tertiary/aromatic N) is 1. The van der Waals surface area contributed by atoms with Crippen LogP contribution in [0.25, 0.3) is 0 Å². The fraction of sp³-hybridized carbons (Fsp3) is 1.00. The van der Waals surface area contributed by atoms with Crippen molar-refractivity contribution in [2.24, 2.45) is 0 Å². The van der Waals surface area contributed by atoms with Crippen LogP contribution < -0.4 is 5.32 Å². The van der Waals surface area contributed by atoms with E-state index in [4.69, 9.17) is 4.74 Å². The molecule has 0 aromatic carbocycles. The second-order valence-corrected chi connectivity index (χ2v) is 6.09. The molecule has 3 nitrogen and oxygen atoms in total. The minimum Gasteiger partial charge on any atom is -0.381 e. The molecule has 0 amide bonds. The van der Waals surface area contributed by atoms with E-state index in [-0.39, 0.29) is 0 Å². The van der Waals surface area contributed by atoms with Crippen LogP contribution in [0.15, 0.2) is 0 Å². The Bertz CT molecular complexity index is 259. The molecule has 4 atom stereocenters. The first-order valence-electron chi connectivity index (χ1n) is 7.38. The van der Waals surface area contributed by atoms with Crippen LogP contribution in [-0.4, -0.2) is 49.3 Å². The van der Waals surface area contributed by atoms with Crippen LogP contribution in [0.5, 0.6) is 0 Å². The number of rotatable bonds is 3. The zero-order valence-corrected chi connectivity index (χ0v) is 11.0. The van der Waals surface area contributed by atoms with Crippen molar-refractivity contribution in [3.05, 3.63) is 0 Å². The largest absolute Gasteiger partial charge is 0.381 e. The van der Waals surface area contributed by atoms with Gasteiger partial charge in [-0.15, -0.1) is 0 Å². The van der Waals surface area contributed by atoms with Gasteiger partial charge in [0.05, 0.1) is 6.10 Å². The molecule has 0 aromatic rings. The molecular weight excluding hydrogens is 212 g/mol. The van der Waals surface area contributed by atoms with Gasteiger partial charge < -0.3 is 15.0 Å². The first kappa shape index (κ1) is 11.9. The third-order valence-corrected chi connectivity index (χ3v) is 5.01. The molecule has 17 heavy (non-hydrogen) atoms. The van der Waals surface area contributed by atoms with Crippen LogP contribution in [0.2, 0.25) is 0 Å². The molecule has 0 spiro atoms. The fourth-order valence-electron chi connectivity index (χ4n) is 4.01. The van der Waals surface area contributed by atoms with Gasteiger partial charge >= 0.3 is 0 Å². The number of piperidine rings is 1. The topological polar surface area (TPSA) is 24.5 Å². The average molecular weight is 238 g/mol. The molecule has 0 radical (unpaired) electrons. The van der Waals surface area contributed by atoms with Gasteiger partial charge in [-0.25, -0.2) is 0 Å². The zero-order chi connectivity index (χ0) is 11.7. The molecule has 2 heterocycles. The van der Waals surface area contributed by atoms with Gasteiger partial charge in [-0.1, -0.05) is 0 Å². The summed E-state index contributed by atoms with van der Waals surface area (Å²) in [5.74, 6) is 0. The van der Waals surface area contributed by atoms with Crippen molar-refractivity contribution in [2.75, 3.05) is 20.2 Å². The van der Waals surface area contributed by atoms with Crippen molar-refractivity contribution in [1.82, 2.24) is 10.2 Å². The second kappa shape index (κ2) is 5.25. The Hall–Kier alpha value is -0.120. The number of hydrogen-bond donors (Lipinski definition) is 1. The molecule has 4 unspecified atom stereocenters. The maximum absolute atomic E-state index is 5.45. The van der Waals surface area contributed by atoms with Crippen LogP contribution in [0, 0.1) is 0 Å². The maximum atomic E-state index is 5.45. The van der Waals surface area contributed by atoms with E-state index in [0.717, 1.165) is 18.1 Å². The summed E-state index contributed by atoms with van der Waals surface area (Å²) in [5.41, 5.74) is 0. The number of ether oxygens (including phenoxy) is 1. The standard InChI is InChI=1S/C14H26N2O/c1-17-14-5-4-11(10-14)15-12-6-8-16-7-2-3-13(16)9-12/h11-15H,2-10H2,1H3. The molecule has 2 aliphatic heterocycles. The summed E-state index contributed by atoms with van der Waals surface area (Å²) in [7, 11) is 1.85. The molecule has 3 aliphatic rings. The van der Waals surface area contributed by atoms with Gasteiger partial charge in [-0.2, -0.15) is 0 Å². The first-order chi connectivity index (χ1) is 8.35. The van der Waals surface area contributed by atoms with Crippen molar-refractivity contribution in [3.8, 4) is 0 Å². The summed E-state index contributed by atoms with van der Waals surface area (Å²) in [6.45, 7) is 2.68. The van der Waals surface area contributed by atoms with Crippen molar-refractivity contribution < 1.29 is 4.74 Å². The Kier molecular flexibility index (Phi) is 3.69. The lowest BCUT2D eigenvalue weighted by Gasteiger charge is -2.36. The van der Waals surface area contributed by atoms with Gasteiger partial charge in [0.15, 0.2) is 0 Å². The summed E-state index contributed by atoms with van der Waals surface area (Å²) in [6, 6.07) is 2.38. The van der Waals surface area contributed by atoms with Gasteiger partial charge in [0.2, 0.25) is 0 Å². The van der Waals surface area contributed by atoms with E-state index < -0.39 is 0 Å². The molecule has 3 heteroatoms. The minimum atomic E-state index is 0.513. The molecule has 98 valence electrons. The van der Waals surface area contributed by atoms with Crippen molar-refractivity contribution in [3.63, 3.8) is 0 Å². The Balaban J connectivity index is 1.46. The second-order valence-electron chi connectivity index (χ2n) is 6.09. The summed E-state index contributed by atoms with van der Waals surface area (Å²) in [5, 5.41) is 3.89. The van der Waals surface area contributed by atoms with E-state index in [1.165, 1.54) is 58.0 Å². The quantitative estimate of drug-likeness (QED) is 0.811. The minimum absolute atomic E-state index is 0.513. The van der Waals surface area contributed by atoms with Crippen molar-refractivity contribution >= 4 is 0 Å².